The fraction of sp³-hybridized carbons (Fsp3) is 0.333. The van der Waals surface area contributed by atoms with Crippen molar-refractivity contribution in [2.75, 3.05) is 11.4 Å². The molecule has 1 heterocycles. The monoisotopic (exact) mass is 382 g/mol. The fourth-order valence-electron chi connectivity index (χ4n) is 3.78. The summed E-state index contributed by atoms with van der Waals surface area (Å²) in [6.45, 7) is 0.530. The first-order valence-corrected chi connectivity index (χ1v) is 9.85. The molecule has 1 fully saturated rings. The molecule has 0 unspecified atom stereocenters. The van der Waals surface area contributed by atoms with Crippen molar-refractivity contribution in [2.24, 2.45) is 0 Å². The van der Waals surface area contributed by atoms with Gasteiger partial charge in [-0.25, -0.2) is 9.78 Å². The van der Waals surface area contributed by atoms with Crippen molar-refractivity contribution in [1.29, 1.82) is 0 Å². The van der Waals surface area contributed by atoms with Gasteiger partial charge >= 0.3 is 6.03 Å². The van der Waals surface area contributed by atoms with Crippen LogP contribution >= 0.6 is 11.6 Å². The Morgan fingerprint density at radius 1 is 1.19 bits per heavy atom. The first-order valence-electron chi connectivity index (χ1n) is 9.47. The first-order chi connectivity index (χ1) is 13.2. The average molecular weight is 383 g/mol. The van der Waals surface area contributed by atoms with Crippen LogP contribution in [0, 0.1) is 0 Å². The fourth-order valence-corrected chi connectivity index (χ4v) is 3.96. The van der Waals surface area contributed by atoms with Gasteiger partial charge in [-0.3, -0.25) is 4.90 Å². The van der Waals surface area contributed by atoms with Crippen molar-refractivity contribution in [1.82, 2.24) is 15.3 Å². The number of urea groups is 1. The van der Waals surface area contributed by atoms with Gasteiger partial charge in [0.05, 0.1) is 11.0 Å². The summed E-state index contributed by atoms with van der Waals surface area (Å²) in [6.07, 6.45) is 5.05. The molecule has 1 aliphatic carbocycles. The minimum absolute atomic E-state index is 0.0692. The van der Waals surface area contributed by atoms with Gasteiger partial charge in [0, 0.05) is 29.7 Å². The number of hydrogen-bond donors (Lipinski definition) is 2. The van der Waals surface area contributed by atoms with Crippen LogP contribution < -0.4 is 10.2 Å². The molecule has 2 amide bonds. The molecule has 4 rings (SSSR count). The lowest BCUT2D eigenvalue weighted by atomic mass is 10.2. The van der Waals surface area contributed by atoms with E-state index >= 15 is 0 Å². The highest BCUT2D eigenvalue weighted by Crippen LogP contribution is 2.29. The van der Waals surface area contributed by atoms with Crippen LogP contribution in [0.3, 0.4) is 0 Å². The maximum Gasteiger partial charge on any atom is 0.322 e. The summed E-state index contributed by atoms with van der Waals surface area (Å²) in [4.78, 5) is 22.7. The quantitative estimate of drug-likeness (QED) is 0.658. The topological polar surface area (TPSA) is 61.0 Å². The van der Waals surface area contributed by atoms with Crippen molar-refractivity contribution >= 4 is 34.4 Å². The van der Waals surface area contributed by atoms with E-state index in [1.165, 1.54) is 0 Å². The molecule has 140 valence electrons. The van der Waals surface area contributed by atoms with Crippen LogP contribution in [0.15, 0.2) is 48.5 Å². The van der Waals surface area contributed by atoms with E-state index in [0.717, 1.165) is 48.2 Å². The number of aromatic nitrogens is 2. The number of aromatic amines is 1. The molecule has 3 aromatic rings. The van der Waals surface area contributed by atoms with Gasteiger partial charge in [-0.2, -0.15) is 0 Å². The lowest BCUT2D eigenvalue weighted by molar-refractivity contribution is 0.244. The first kappa shape index (κ1) is 17.9. The van der Waals surface area contributed by atoms with Gasteiger partial charge in [-0.05, 0) is 43.2 Å². The van der Waals surface area contributed by atoms with Crippen molar-refractivity contribution in [3.63, 3.8) is 0 Å². The number of fused-ring (bicyclic) bond motifs is 1. The predicted octanol–water partition coefficient (Wildman–Crippen LogP) is 4.92. The van der Waals surface area contributed by atoms with E-state index in [1.54, 1.807) is 0 Å². The third-order valence-corrected chi connectivity index (χ3v) is 5.31. The SMILES string of the molecule is O=C(NCCc1nc2ccccc2[nH]1)N(c1cccc(Cl)c1)C1CCCC1. The van der Waals surface area contributed by atoms with Gasteiger partial charge in [-0.1, -0.05) is 42.6 Å². The lowest BCUT2D eigenvalue weighted by Gasteiger charge is -2.29. The summed E-state index contributed by atoms with van der Waals surface area (Å²) in [5.74, 6) is 0.881. The zero-order chi connectivity index (χ0) is 18.6. The number of nitrogens with one attached hydrogen (secondary N) is 2. The summed E-state index contributed by atoms with van der Waals surface area (Å²) in [5, 5.41) is 3.70. The number of hydrogen-bond acceptors (Lipinski definition) is 2. The van der Waals surface area contributed by atoms with Crippen LogP contribution in [0.2, 0.25) is 5.02 Å². The molecule has 2 N–H and O–H groups in total. The van der Waals surface area contributed by atoms with E-state index in [0.29, 0.717) is 18.0 Å². The largest absolute Gasteiger partial charge is 0.342 e. The number of nitrogens with zero attached hydrogens (tertiary/aromatic N) is 2. The van der Waals surface area contributed by atoms with Crippen LogP contribution in [0.5, 0.6) is 0 Å². The molecule has 0 bridgehead atoms. The molecule has 0 atom stereocenters. The molecular weight excluding hydrogens is 360 g/mol. The van der Waals surface area contributed by atoms with E-state index in [2.05, 4.69) is 15.3 Å². The molecule has 2 aromatic carbocycles. The second kappa shape index (κ2) is 8.01. The summed E-state index contributed by atoms with van der Waals surface area (Å²) in [6, 6.07) is 15.6. The van der Waals surface area contributed by atoms with Crippen molar-refractivity contribution in [2.45, 2.75) is 38.1 Å². The molecule has 0 radical (unpaired) electrons. The molecule has 0 saturated heterocycles. The highest BCUT2D eigenvalue weighted by atomic mass is 35.5. The van der Waals surface area contributed by atoms with Crippen molar-refractivity contribution < 1.29 is 4.79 Å². The number of imidazole rings is 1. The van der Waals surface area contributed by atoms with Crippen LogP contribution in [0.25, 0.3) is 11.0 Å². The number of amides is 2. The third kappa shape index (κ3) is 4.08. The summed E-state index contributed by atoms with van der Waals surface area (Å²) in [7, 11) is 0. The number of halogens is 1. The summed E-state index contributed by atoms with van der Waals surface area (Å²) >= 11 is 6.15. The summed E-state index contributed by atoms with van der Waals surface area (Å²) in [5.41, 5.74) is 2.83. The van der Waals surface area contributed by atoms with Gasteiger partial charge in [0.15, 0.2) is 0 Å². The number of H-pyrrole nitrogens is 1. The molecule has 1 saturated carbocycles. The number of anilines is 1. The van der Waals surface area contributed by atoms with Gasteiger partial charge < -0.3 is 10.3 Å². The maximum absolute atomic E-state index is 12.9. The molecule has 6 heteroatoms. The van der Waals surface area contributed by atoms with E-state index in [1.807, 2.05) is 53.4 Å². The highest BCUT2D eigenvalue weighted by molar-refractivity contribution is 6.30. The normalized spacial score (nSPS) is 14.6. The second-order valence-electron chi connectivity index (χ2n) is 6.97. The van der Waals surface area contributed by atoms with Gasteiger partial charge in [-0.15, -0.1) is 0 Å². The highest BCUT2D eigenvalue weighted by Gasteiger charge is 2.28. The number of para-hydroxylation sites is 2. The Balaban J connectivity index is 1.43. The Morgan fingerprint density at radius 2 is 2.00 bits per heavy atom. The predicted molar refractivity (Wildman–Crippen MR) is 109 cm³/mol. The number of carbonyl (C=O) groups is 1. The molecule has 1 aliphatic rings. The van der Waals surface area contributed by atoms with Crippen molar-refractivity contribution in [3.05, 3.63) is 59.4 Å². The van der Waals surface area contributed by atoms with E-state index in [9.17, 15) is 4.79 Å². The second-order valence-corrected chi connectivity index (χ2v) is 7.41. The molecule has 5 nitrogen and oxygen atoms in total. The molecule has 1 aromatic heterocycles. The molecule has 0 aliphatic heterocycles. The Bertz CT molecular complexity index is 900. The Morgan fingerprint density at radius 3 is 2.78 bits per heavy atom. The third-order valence-electron chi connectivity index (χ3n) is 5.07. The van der Waals surface area contributed by atoms with Gasteiger partial charge in [0.1, 0.15) is 5.82 Å². The van der Waals surface area contributed by atoms with Crippen LogP contribution in [0.1, 0.15) is 31.5 Å². The van der Waals surface area contributed by atoms with Gasteiger partial charge in [0.2, 0.25) is 0 Å². The minimum Gasteiger partial charge on any atom is -0.342 e. The van der Waals surface area contributed by atoms with Crippen LogP contribution in [0.4, 0.5) is 10.5 Å². The van der Waals surface area contributed by atoms with Crippen LogP contribution in [-0.4, -0.2) is 28.6 Å². The minimum atomic E-state index is -0.0692. The zero-order valence-corrected chi connectivity index (χ0v) is 15.9. The standard InChI is InChI=1S/C21H23ClN4O/c22-15-6-5-9-17(14-15)26(16-7-1-2-8-16)21(27)23-13-12-20-24-18-10-3-4-11-19(18)25-20/h3-6,9-11,14,16H,1-2,7-8,12-13H2,(H,23,27)(H,24,25). The van der Waals surface area contributed by atoms with E-state index in [4.69, 9.17) is 11.6 Å². The van der Waals surface area contributed by atoms with Crippen LogP contribution in [-0.2, 0) is 6.42 Å². The molecule has 0 spiro atoms. The number of carbonyl (C=O) groups excluding carboxylic acids is 1. The number of rotatable bonds is 5. The van der Waals surface area contributed by atoms with E-state index in [-0.39, 0.29) is 12.1 Å². The van der Waals surface area contributed by atoms with E-state index < -0.39 is 0 Å². The zero-order valence-electron chi connectivity index (χ0n) is 15.1. The van der Waals surface area contributed by atoms with Crippen molar-refractivity contribution in [3.8, 4) is 0 Å². The average Bonchev–Trinajstić information content (AvgIpc) is 3.31. The Hall–Kier alpha value is -2.53. The Kier molecular flexibility index (Phi) is 5.30. The molecule has 27 heavy (non-hydrogen) atoms. The Labute approximate surface area is 163 Å². The maximum atomic E-state index is 12.9. The molecular formula is C21H23ClN4O. The smallest absolute Gasteiger partial charge is 0.322 e. The lowest BCUT2D eigenvalue weighted by Crippen LogP contribution is -2.46. The summed E-state index contributed by atoms with van der Waals surface area (Å²) < 4.78 is 0. The van der Waals surface area contributed by atoms with Gasteiger partial charge in [0.25, 0.3) is 0 Å². The number of benzene rings is 2.